The lowest BCUT2D eigenvalue weighted by molar-refractivity contribution is -0.172. The number of esters is 1. The van der Waals surface area contributed by atoms with Crippen molar-refractivity contribution in [3.8, 4) is 0 Å². The first-order valence-electron chi connectivity index (χ1n) is 9.70. The number of methoxy groups -OCH3 is 1. The lowest BCUT2D eigenvalue weighted by atomic mass is 9.90. The zero-order valence-corrected chi connectivity index (χ0v) is 16.4. The van der Waals surface area contributed by atoms with Crippen LogP contribution in [-0.4, -0.2) is 66.7 Å². The number of carbonyl (C=O) groups excluding carboxylic acids is 2. The number of carbonyl (C=O) groups is 2. The predicted octanol–water partition coefficient (Wildman–Crippen LogP) is 1.31. The number of nitrogens with zero attached hydrogens (tertiary/aromatic N) is 1. The fraction of sp³-hybridized carbons (Fsp3) is 0.524. The minimum atomic E-state index is -0.727. The average Bonchev–Trinajstić information content (AvgIpc) is 3.26. The van der Waals surface area contributed by atoms with Gasteiger partial charge in [-0.25, -0.2) is 4.79 Å². The summed E-state index contributed by atoms with van der Waals surface area (Å²) in [6.07, 6.45) is -0.373. The zero-order valence-electron chi connectivity index (χ0n) is 16.4. The molecule has 4 aliphatic heterocycles. The second-order valence-corrected chi connectivity index (χ2v) is 8.08. The van der Waals surface area contributed by atoms with Gasteiger partial charge in [0, 0.05) is 7.11 Å². The number of cyclic esters (lactones) is 1. The summed E-state index contributed by atoms with van der Waals surface area (Å²) >= 11 is 0. The number of epoxide rings is 1. The molecule has 1 aromatic rings. The summed E-state index contributed by atoms with van der Waals surface area (Å²) in [5.74, 6) is -1.55. The van der Waals surface area contributed by atoms with Crippen LogP contribution in [0.15, 0.2) is 42.1 Å². The smallest absolute Gasteiger partial charge is 0.355 e. The third kappa shape index (κ3) is 3.07. The van der Waals surface area contributed by atoms with Crippen molar-refractivity contribution in [2.75, 3.05) is 13.7 Å². The highest BCUT2D eigenvalue weighted by atomic mass is 16.8. The Morgan fingerprint density at radius 1 is 1.17 bits per heavy atom. The van der Waals surface area contributed by atoms with E-state index in [4.69, 9.17) is 23.7 Å². The first-order valence-corrected chi connectivity index (χ1v) is 9.70. The van der Waals surface area contributed by atoms with Crippen LogP contribution in [0, 0.1) is 0 Å². The molecule has 0 spiro atoms. The number of β-lactam (4-membered cyclic amide) rings is 1. The van der Waals surface area contributed by atoms with E-state index in [1.165, 1.54) is 12.0 Å². The van der Waals surface area contributed by atoms with Gasteiger partial charge in [-0.1, -0.05) is 30.3 Å². The molecule has 0 N–H and O–H groups in total. The van der Waals surface area contributed by atoms with E-state index in [9.17, 15) is 9.59 Å². The molecule has 0 bridgehead atoms. The van der Waals surface area contributed by atoms with Gasteiger partial charge in [0.2, 0.25) is 0 Å². The van der Waals surface area contributed by atoms with Gasteiger partial charge in [-0.3, -0.25) is 9.69 Å². The molecule has 1 amide bonds. The summed E-state index contributed by atoms with van der Waals surface area (Å²) in [6.45, 7) is 3.93. The van der Waals surface area contributed by atoms with Crippen LogP contribution in [0.25, 0.3) is 0 Å². The van der Waals surface area contributed by atoms with Crippen LogP contribution >= 0.6 is 0 Å². The Labute approximate surface area is 168 Å². The number of ether oxygens (including phenoxy) is 5. The Bertz CT molecular complexity index is 867. The Hall–Kier alpha value is -2.26. The molecule has 29 heavy (non-hydrogen) atoms. The van der Waals surface area contributed by atoms with E-state index >= 15 is 0 Å². The van der Waals surface area contributed by atoms with Crippen molar-refractivity contribution in [2.45, 2.75) is 56.2 Å². The fourth-order valence-electron chi connectivity index (χ4n) is 4.30. The van der Waals surface area contributed by atoms with Gasteiger partial charge in [0.15, 0.2) is 18.0 Å². The van der Waals surface area contributed by atoms with Crippen molar-refractivity contribution < 1.29 is 33.3 Å². The molecule has 4 heterocycles. The third-order valence-corrected chi connectivity index (χ3v) is 5.76. The van der Waals surface area contributed by atoms with Crippen LogP contribution in [-0.2, 0) is 33.3 Å². The molecule has 0 unspecified atom stereocenters. The second-order valence-electron chi connectivity index (χ2n) is 8.08. The maximum absolute atomic E-state index is 12.7. The van der Waals surface area contributed by atoms with E-state index in [-0.39, 0.29) is 29.9 Å². The SMILES string of the molecule is CO[C@H]1C(=O)N(C2=C[C@@H]([C@@H]3COC(C)(C)O3)OC2=O)[C@H]1[C@@H]1O[C@H]1c1ccccc1. The van der Waals surface area contributed by atoms with E-state index in [0.717, 1.165) is 5.56 Å². The van der Waals surface area contributed by atoms with Crippen molar-refractivity contribution in [3.05, 3.63) is 47.7 Å². The number of hydrogen-bond donors (Lipinski definition) is 0. The van der Waals surface area contributed by atoms with Gasteiger partial charge in [-0.2, -0.15) is 0 Å². The van der Waals surface area contributed by atoms with Gasteiger partial charge in [-0.15, -0.1) is 0 Å². The Kier molecular flexibility index (Phi) is 4.29. The first kappa shape index (κ1) is 18.7. The third-order valence-electron chi connectivity index (χ3n) is 5.76. The molecular weight excluding hydrogens is 378 g/mol. The van der Waals surface area contributed by atoms with Gasteiger partial charge in [-0.05, 0) is 25.5 Å². The van der Waals surface area contributed by atoms with Gasteiger partial charge >= 0.3 is 5.97 Å². The highest BCUT2D eigenvalue weighted by Crippen LogP contribution is 2.48. The van der Waals surface area contributed by atoms with Crippen molar-refractivity contribution in [2.24, 2.45) is 0 Å². The summed E-state index contributed by atoms with van der Waals surface area (Å²) in [5.41, 5.74) is 1.25. The first-order chi connectivity index (χ1) is 13.9. The molecule has 0 saturated carbocycles. The van der Waals surface area contributed by atoms with E-state index < -0.39 is 30.1 Å². The lowest BCUT2D eigenvalue weighted by Crippen LogP contribution is -2.67. The molecular formula is C21H23NO7. The summed E-state index contributed by atoms with van der Waals surface area (Å²) < 4.78 is 28.1. The lowest BCUT2D eigenvalue weighted by Gasteiger charge is -2.45. The molecule has 8 nitrogen and oxygen atoms in total. The standard InChI is InChI=1S/C21H23NO7/c1-21(2)26-10-14(29-21)13-9-12(20(24)27-13)22-15(18(25-3)19(22)23)17-16(28-17)11-7-5-4-6-8-11/h4-9,13-18H,10H2,1-3H3/t13-,14-,15-,16-,17-,18+/m0/s1. The molecule has 0 radical (unpaired) electrons. The summed E-state index contributed by atoms with van der Waals surface area (Å²) in [6, 6.07) is 9.40. The number of hydrogen-bond acceptors (Lipinski definition) is 7. The maximum atomic E-state index is 12.7. The minimum absolute atomic E-state index is 0.129. The molecule has 154 valence electrons. The van der Waals surface area contributed by atoms with Crippen LogP contribution in [0.1, 0.15) is 25.5 Å². The largest absolute Gasteiger partial charge is 0.450 e. The van der Waals surface area contributed by atoms with Gasteiger partial charge < -0.3 is 23.7 Å². The quantitative estimate of drug-likeness (QED) is 0.418. The second kappa shape index (κ2) is 6.63. The average molecular weight is 401 g/mol. The van der Waals surface area contributed by atoms with E-state index in [1.807, 2.05) is 30.3 Å². The molecule has 5 rings (SSSR count). The highest BCUT2D eigenvalue weighted by molar-refractivity contribution is 6.00. The predicted molar refractivity (Wildman–Crippen MR) is 98.4 cm³/mol. The Morgan fingerprint density at radius 3 is 2.59 bits per heavy atom. The molecule has 0 aliphatic carbocycles. The van der Waals surface area contributed by atoms with Gasteiger partial charge in [0.25, 0.3) is 5.91 Å². The number of rotatable bonds is 5. The highest BCUT2D eigenvalue weighted by Gasteiger charge is 2.63. The summed E-state index contributed by atoms with van der Waals surface area (Å²) in [5, 5.41) is 0. The van der Waals surface area contributed by atoms with E-state index in [2.05, 4.69) is 0 Å². The molecule has 3 saturated heterocycles. The van der Waals surface area contributed by atoms with Crippen molar-refractivity contribution in [3.63, 3.8) is 0 Å². The van der Waals surface area contributed by atoms with Crippen LogP contribution in [0.3, 0.4) is 0 Å². The van der Waals surface area contributed by atoms with Crippen LogP contribution in [0.5, 0.6) is 0 Å². The van der Waals surface area contributed by atoms with Crippen molar-refractivity contribution >= 4 is 11.9 Å². The normalized spacial score (nSPS) is 37.9. The maximum Gasteiger partial charge on any atom is 0.355 e. The fourth-order valence-corrected chi connectivity index (χ4v) is 4.30. The van der Waals surface area contributed by atoms with Gasteiger partial charge in [0.05, 0.1) is 6.61 Å². The Balaban J connectivity index is 1.36. The Morgan fingerprint density at radius 2 is 1.93 bits per heavy atom. The molecule has 1 aromatic carbocycles. The van der Waals surface area contributed by atoms with E-state index in [1.54, 1.807) is 19.9 Å². The zero-order chi connectivity index (χ0) is 20.3. The molecule has 0 aromatic heterocycles. The molecule has 4 aliphatic rings. The van der Waals surface area contributed by atoms with Crippen LogP contribution < -0.4 is 0 Å². The topological polar surface area (TPSA) is 86.8 Å². The number of benzene rings is 1. The van der Waals surface area contributed by atoms with Crippen LogP contribution in [0.2, 0.25) is 0 Å². The number of likely N-dealkylation sites (tertiary alicyclic amines) is 1. The minimum Gasteiger partial charge on any atom is -0.450 e. The molecule has 8 heteroatoms. The van der Waals surface area contributed by atoms with Crippen molar-refractivity contribution in [1.29, 1.82) is 0 Å². The van der Waals surface area contributed by atoms with Crippen LogP contribution in [0.4, 0.5) is 0 Å². The van der Waals surface area contributed by atoms with E-state index in [0.29, 0.717) is 6.61 Å². The summed E-state index contributed by atoms with van der Waals surface area (Å²) in [4.78, 5) is 26.7. The number of amides is 1. The van der Waals surface area contributed by atoms with Gasteiger partial charge in [0.1, 0.15) is 30.1 Å². The molecule has 3 fully saturated rings. The monoisotopic (exact) mass is 401 g/mol. The molecule has 6 atom stereocenters. The summed E-state index contributed by atoms with van der Waals surface area (Å²) in [7, 11) is 1.49. The van der Waals surface area contributed by atoms with Crippen molar-refractivity contribution in [1.82, 2.24) is 4.90 Å².